The van der Waals surface area contributed by atoms with Crippen LogP contribution in [0, 0.1) is 0 Å². The minimum Gasteiger partial charge on any atom is -0.357 e. The van der Waals surface area contributed by atoms with E-state index in [1.54, 1.807) is 0 Å². The maximum absolute atomic E-state index is 10.1. The Labute approximate surface area is 48.4 Å². The molecule has 0 aliphatic rings. The van der Waals surface area contributed by atoms with Gasteiger partial charge in [0.05, 0.1) is 0 Å². The lowest BCUT2D eigenvalue weighted by atomic mass is 10.4. The molecule has 1 aromatic heterocycles. The number of aryl methyl sites for hydroxylation is 1. The maximum Gasteiger partial charge on any atom is 0.109 e. The molecule has 1 heterocycles. The Morgan fingerprint density at radius 2 is 2.50 bits per heavy atom. The molecule has 0 aliphatic heterocycles. The molecule has 0 amide bonds. The molecule has 1 rings (SSSR count). The average Bonchev–Trinajstić information content (AvgIpc) is 2.14. The van der Waals surface area contributed by atoms with Crippen molar-refractivity contribution in [1.29, 1.82) is 0 Å². The second-order valence-electron chi connectivity index (χ2n) is 1.83. The lowest BCUT2D eigenvalue weighted by Gasteiger charge is -1.83. The Bertz CT molecular complexity index is 169. The summed E-state index contributed by atoms with van der Waals surface area (Å²) >= 11 is 0. The smallest absolute Gasteiger partial charge is 0.109 e. The van der Waals surface area contributed by atoms with E-state index in [1.165, 1.54) is 0 Å². The van der Waals surface area contributed by atoms with E-state index in [-0.39, 0.29) is 6.61 Å². The van der Waals surface area contributed by atoms with E-state index in [0.29, 0.717) is 0 Å². The number of nitrogens with zero attached hydrogens (tertiary/aromatic N) is 1. The second kappa shape index (κ2) is 2.01. The van der Waals surface area contributed by atoms with Crippen molar-refractivity contribution in [3.8, 4) is 0 Å². The van der Waals surface area contributed by atoms with Crippen LogP contribution in [0.4, 0.5) is 0 Å². The van der Waals surface area contributed by atoms with E-state index >= 15 is 0 Å². The summed E-state index contributed by atoms with van der Waals surface area (Å²) in [7, 11) is 1.90. The molecule has 0 saturated heterocycles. The highest BCUT2D eigenvalue weighted by molar-refractivity contribution is 5.07. The van der Waals surface area contributed by atoms with Crippen LogP contribution in [0.15, 0.2) is 18.5 Å². The summed E-state index contributed by atoms with van der Waals surface area (Å²) in [6.45, 7) is -0.110. The van der Waals surface area contributed by atoms with Crippen LogP contribution in [-0.2, 0) is 18.8 Å². The van der Waals surface area contributed by atoms with Gasteiger partial charge in [0.2, 0.25) is 0 Å². The number of rotatable bonds is 1. The van der Waals surface area contributed by atoms with Crippen LogP contribution < -0.4 is 0 Å². The van der Waals surface area contributed by atoms with E-state index < -0.39 is 0 Å². The van der Waals surface area contributed by atoms with E-state index in [0.717, 1.165) is 5.56 Å². The van der Waals surface area contributed by atoms with Crippen molar-refractivity contribution in [1.82, 2.24) is 4.57 Å². The Balaban J connectivity index is 2.84. The molecule has 2 nitrogen and oxygen atoms in total. The lowest BCUT2D eigenvalue weighted by molar-refractivity contribution is 0.177. The van der Waals surface area contributed by atoms with Gasteiger partial charge in [-0.25, -0.2) is 5.11 Å². The van der Waals surface area contributed by atoms with Crippen molar-refractivity contribution in [2.24, 2.45) is 7.05 Å². The van der Waals surface area contributed by atoms with Crippen molar-refractivity contribution >= 4 is 0 Å². The molecular weight excluding hydrogens is 102 g/mol. The highest BCUT2D eigenvalue weighted by Gasteiger charge is 1.88. The van der Waals surface area contributed by atoms with Crippen LogP contribution in [0.25, 0.3) is 0 Å². The topological polar surface area (TPSA) is 24.8 Å². The summed E-state index contributed by atoms with van der Waals surface area (Å²) in [5, 5.41) is 10.1. The van der Waals surface area contributed by atoms with Gasteiger partial charge < -0.3 is 4.57 Å². The van der Waals surface area contributed by atoms with E-state index in [4.69, 9.17) is 0 Å². The van der Waals surface area contributed by atoms with Crippen molar-refractivity contribution in [2.45, 2.75) is 6.61 Å². The van der Waals surface area contributed by atoms with Gasteiger partial charge in [-0.15, -0.1) is 0 Å². The number of hydrogen-bond donors (Lipinski definition) is 0. The average molecular weight is 110 g/mol. The van der Waals surface area contributed by atoms with E-state index in [2.05, 4.69) is 0 Å². The van der Waals surface area contributed by atoms with Gasteiger partial charge in [0.15, 0.2) is 0 Å². The quantitative estimate of drug-likeness (QED) is 0.514. The minimum atomic E-state index is -0.110. The highest BCUT2D eigenvalue weighted by atomic mass is 16.3. The molecule has 0 aromatic carbocycles. The Hall–Kier alpha value is -0.760. The van der Waals surface area contributed by atoms with Crippen LogP contribution in [0.3, 0.4) is 0 Å². The van der Waals surface area contributed by atoms with Crippen LogP contribution in [0.1, 0.15) is 5.56 Å². The van der Waals surface area contributed by atoms with Gasteiger partial charge in [-0.1, -0.05) is 0 Å². The van der Waals surface area contributed by atoms with Crippen LogP contribution >= 0.6 is 0 Å². The van der Waals surface area contributed by atoms with Gasteiger partial charge in [0.25, 0.3) is 0 Å². The normalized spacial score (nSPS) is 9.75. The Kier molecular flexibility index (Phi) is 1.35. The third kappa shape index (κ3) is 0.898. The van der Waals surface area contributed by atoms with Crippen LogP contribution in [-0.4, -0.2) is 4.57 Å². The van der Waals surface area contributed by atoms with Crippen molar-refractivity contribution in [2.75, 3.05) is 0 Å². The van der Waals surface area contributed by atoms with E-state index in [9.17, 15) is 5.11 Å². The fourth-order valence-corrected chi connectivity index (χ4v) is 0.646. The molecule has 1 aromatic rings. The van der Waals surface area contributed by atoms with Crippen molar-refractivity contribution < 1.29 is 5.11 Å². The standard InChI is InChI=1S/C6H8NO/c1-7-3-2-6(4-7)5-8/h2-4H,5H2,1H3. The molecule has 0 N–H and O–H groups in total. The zero-order valence-electron chi connectivity index (χ0n) is 4.79. The number of hydrogen-bond acceptors (Lipinski definition) is 0. The molecule has 0 bridgehead atoms. The molecule has 0 fully saturated rings. The predicted octanol–water partition coefficient (Wildman–Crippen LogP) is 0.956. The Morgan fingerprint density at radius 3 is 2.75 bits per heavy atom. The van der Waals surface area contributed by atoms with Gasteiger partial charge in [0, 0.05) is 19.4 Å². The van der Waals surface area contributed by atoms with Crippen LogP contribution in [0.5, 0.6) is 0 Å². The van der Waals surface area contributed by atoms with Gasteiger partial charge in [-0.2, -0.15) is 0 Å². The summed E-state index contributed by atoms with van der Waals surface area (Å²) in [6.07, 6.45) is 3.69. The molecule has 8 heavy (non-hydrogen) atoms. The third-order valence-corrected chi connectivity index (χ3v) is 1.06. The fourth-order valence-electron chi connectivity index (χ4n) is 0.646. The summed E-state index contributed by atoms with van der Waals surface area (Å²) in [5.41, 5.74) is 0.854. The molecule has 0 saturated carbocycles. The molecule has 0 aliphatic carbocycles. The molecule has 1 radical (unpaired) electrons. The summed E-state index contributed by atoms with van der Waals surface area (Å²) < 4.78 is 1.87. The fraction of sp³-hybridized carbons (Fsp3) is 0.333. The first-order valence-electron chi connectivity index (χ1n) is 2.52. The molecule has 43 valence electrons. The molecule has 0 atom stereocenters. The molecule has 2 heteroatoms. The summed E-state index contributed by atoms with van der Waals surface area (Å²) in [5.74, 6) is 0. The highest BCUT2D eigenvalue weighted by Crippen LogP contribution is 1.97. The predicted molar refractivity (Wildman–Crippen MR) is 29.8 cm³/mol. The molecule has 0 unspecified atom stereocenters. The van der Waals surface area contributed by atoms with Gasteiger partial charge in [-0.3, -0.25) is 0 Å². The minimum absolute atomic E-state index is 0.110. The zero-order chi connectivity index (χ0) is 5.98. The van der Waals surface area contributed by atoms with Crippen molar-refractivity contribution in [3.05, 3.63) is 24.0 Å². The van der Waals surface area contributed by atoms with Gasteiger partial charge in [0.1, 0.15) is 6.61 Å². The first-order chi connectivity index (χ1) is 3.83. The first-order valence-corrected chi connectivity index (χ1v) is 2.52. The SMILES string of the molecule is Cn1ccc(C[O])c1. The molecular formula is C6H8NO. The lowest BCUT2D eigenvalue weighted by Crippen LogP contribution is -1.79. The number of aromatic nitrogens is 1. The zero-order valence-corrected chi connectivity index (χ0v) is 4.79. The second-order valence-corrected chi connectivity index (χ2v) is 1.83. The van der Waals surface area contributed by atoms with E-state index in [1.807, 2.05) is 30.1 Å². The molecule has 0 spiro atoms. The first kappa shape index (κ1) is 5.38. The Morgan fingerprint density at radius 1 is 1.75 bits per heavy atom. The van der Waals surface area contributed by atoms with Gasteiger partial charge >= 0.3 is 0 Å². The maximum atomic E-state index is 10.1. The third-order valence-electron chi connectivity index (χ3n) is 1.06. The largest absolute Gasteiger partial charge is 0.357 e. The summed E-state index contributed by atoms with van der Waals surface area (Å²) in [6, 6.07) is 1.83. The van der Waals surface area contributed by atoms with Gasteiger partial charge in [-0.05, 0) is 11.6 Å². The van der Waals surface area contributed by atoms with Crippen LogP contribution in [0.2, 0.25) is 0 Å². The monoisotopic (exact) mass is 110 g/mol. The van der Waals surface area contributed by atoms with Crippen molar-refractivity contribution in [3.63, 3.8) is 0 Å². The summed E-state index contributed by atoms with van der Waals surface area (Å²) in [4.78, 5) is 0.